The number of fused-ring (bicyclic) bond motifs is 1. The molecule has 2 aromatic carbocycles. The van der Waals surface area contributed by atoms with Crippen LogP contribution in [-0.4, -0.2) is 46.6 Å². The third-order valence-electron chi connectivity index (χ3n) is 6.08. The average Bonchev–Trinajstić information content (AvgIpc) is 3.25. The normalized spacial score (nSPS) is 19.5. The van der Waals surface area contributed by atoms with Gasteiger partial charge < -0.3 is 9.30 Å². The van der Waals surface area contributed by atoms with Crippen LogP contribution >= 0.6 is 0 Å². The maximum absolute atomic E-state index is 13.5. The van der Waals surface area contributed by atoms with E-state index in [0.29, 0.717) is 0 Å². The zero-order chi connectivity index (χ0) is 22.9. The van der Waals surface area contributed by atoms with Gasteiger partial charge in [0, 0.05) is 12.7 Å². The molecule has 0 N–H and O–H groups in total. The zero-order valence-electron chi connectivity index (χ0n) is 19.2. The molecule has 7 heteroatoms. The van der Waals surface area contributed by atoms with E-state index in [2.05, 4.69) is 46.2 Å². The number of aliphatic imine (C=N–C) groups is 1. The Morgan fingerprint density at radius 3 is 2.67 bits per heavy atom. The van der Waals surface area contributed by atoms with E-state index in [4.69, 9.17) is 9.73 Å². The second kappa shape index (κ2) is 8.73. The molecule has 2 aliphatic heterocycles. The molecule has 0 bridgehead atoms. The lowest BCUT2D eigenvalue weighted by Crippen LogP contribution is -2.55. The fraction of sp³-hybridized carbons (Fsp3) is 0.308. The zero-order valence-corrected chi connectivity index (χ0v) is 19.2. The van der Waals surface area contributed by atoms with Crippen molar-refractivity contribution in [3.05, 3.63) is 77.6 Å². The van der Waals surface area contributed by atoms with Crippen molar-refractivity contribution in [2.45, 2.75) is 32.7 Å². The van der Waals surface area contributed by atoms with E-state index in [1.165, 1.54) is 17.7 Å². The summed E-state index contributed by atoms with van der Waals surface area (Å²) in [6.07, 6.45) is 7.98. The fourth-order valence-electron chi connectivity index (χ4n) is 4.53. The SMILES string of the molecule is COc1cc(C=C2CCCN3C2=NC(C)CN3c2ccc(F)cc2)ccc1-n1cnc(C)c1. The maximum Gasteiger partial charge on any atom is 0.146 e. The molecule has 1 saturated heterocycles. The average molecular weight is 446 g/mol. The lowest BCUT2D eigenvalue weighted by Gasteiger charge is -2.46. The van der Waals surface area contributed by atoms with Crippen molar-refractivity contribution in [3.8, 4) is 11.4 Å². The molecule has 1 aromatic heterocycles. The van der Waals surface area contributed by atoms with Crippen molar-refractivity contribution in [2.24, 2.45) is 4.99 Å². The molecule has 0 saturated carbocycles. The van der Waals surface area contributed by atoms with Gasteiger partial charge in [0.2, 0.25) is 0 Å². The minimum atomic E-state index is -0.222. The number of hydrogen-bond acceptors (Lipinski definition) is 5. The summed E-state index contributed by atoms with van der Waals surface area (Å²) in [5.41, 5.74) is 5.17. The first-order chi connectivity index (χ1) is 16.0. The van der Waals surface area contributed by atoms with E-state index >= 15 is 0 Å². The van der Waals surface area contributed by atoms with Crippen molar-refractivity contribution < 1.29 is 9.13 Å². The number of methoxy groups -OCH3 is 1. The first-order valence-electron chi connectivity index (χ1n) is 11.3. The molecule has 0 amide bonds. The molecular formula is C26H28FN5O. The lowest BCUT2D eigenvalue weighted by molar-refractivity contribution is 0.331. The Balaban J connectivity index is 1.48. The molecule has 0 aliphatic carbocycles. The topological polar surface area (TPSA) is 45.9 Å². The molecule has 170 valence electrons. The number of hydrogen-bond donors (Lipinski definition) is 0. The van der Waals surface area contributed by atoms with Crippen LogP contribution in [0.2, 0.25) is 0 Å². The van der Waals surface area contributed by atoms with E-state index in [-0.39, 0.29) is 11.9 Å². The Kier molecular flexibility index (Phi) is 5.62. The third kappa shape index (κ3) is 4.23. The van der Waals surface area contributed by atoms with Gasteiger partial charge in [0.1, 0.15) is 17.4 Å². The number of imidazole rings is 1. The Bertz CT molecular complexity index is 1210. The molecule has 1 unspecified atom stereocenters. The molecule has 5 rings (SSSR count). The van der Waals surface area contributed by atoms with Crippen LogP contribution in [0.5, 0.6) is 5.75 Å². The van der Waals surface area contributed by atoms with Crippen LogP contribution < -0.4 is 9.75 Å². The number of hydrazine groups is 1. The van der Waals surface area contributed by atoms with Gasteiger partial charge in [-0.15, -0.1) is 0 Å². The van der Waals surface area contributed by atoms with E-state index in [9.17, 15) is 4.39 Å². The van der Waals surface area contributed by atoms with Crippen molar-refractivity contribution in [3.63, 3.8) is 0 Å². The van der Waals surface area contributed by atoms with Gasteiger partial charge in [0.05, 0.1) is 43.1 Å². The molecule has 3 heterocycles. The molecule has 33 heavy (non-hydrogen) atoms. The van der Waals surface area contributed by atoms with Gasteiger partial charge >= 0.3 is 0 Å². The summed E-state index contributed by atoms with van der Waals surface area (Å²) >= 11 is 0. The molecule has 1 fully saturated rings. The van der Waals surface area contributed by atoms with Gasteiger partial charge in [0.25, 0.3) is 0 Å². The van der Waals surface area contributed by atoms with Crippen LogP contribution in [0.1, 0.15) is 31.0 Å². The van der Waals surface area contributed by atoms with Crippen molar-refractivity contribution in [1.29, 1.82) is 0 Å². The highest BCUT2D eigenvalue weighted by Crippen LogP contribution is 2.31. The second-order valence-electron chi connectivity index (χ2n) is 8.61. The van der Waals surface area contributed by atoms with Gasteiger partial charge in [-0.3, -0.25) is 15.0 Å². The molecular weight excluding hydrogens is 417 g/mol. The van der Waals surface area contributed by atoms with Crippen LogP contribution in [0.15, 0.2) is 65.6 Å². The molecule has 0 spiro atoms. The summed E-state index contributed by atoms with van der Waals surface area (Å²) < 4.78 is 21.2. The number of nitrogens with zero attached hydrogens (tertiary/aromatic N) is 5. The summed E-state index contributed by atoms with van der Waals surface area (Å²) in [5.74, 6) is 1.57. The van der Waals surface area contributed by atoms with Crippen molar-refractivity contribution in [2.75, 3.05) is 25.2 Å². The summed E-state index contributed by atoms with van der Waals surface area (Å²) in [5, 5.41) is 4.47. The predicted molar refractivity (Wildman–Crippen MR) is 129 cm³/mol. The highest BCUT2D eigenvalue weighted by molar-refractivity contribution is 6.04. The second-order valence-corrected chi connectivity index (χ2v) is 8.61. The van der Waals surface area contributed by atoms with Crippen molar-refractivity contribution >= 4 is 17.6 Å². The summed E-state index contributed by atoms with van der Waals surface area (Å²) in [6, 6.07) is 13.1. The van der Waals surface area contributed by atoms with Crippen LogP contribution in [0.3, 0.4) is 0 Å². The van der Waals surface area contributed by atoms with Crippen LogP contribution in [0, 0.1) is 12.7 Å². The number of anilines is 1. The van der Waals surface area contributed by atoms with Gasteiger partial charge in [0.15, 0.2) is 0 Å². The highest BCUT2D eigenvalue weighted by atomic mass is 19.1. The van der Waals surface area contributed by atoms with Crippen LogP contribution in [-0.2, 0) is 0 Å². The number of rotatable bonds is 4. The Labute approximate surface area is 193 Å². The Morgan fingerprint density at radius 1 is 1.12 bits per heavy atom. The third-order valence-corrected chi connectivity index (χ3v) is 6.08. The number of aryl methyl sites for hydroxylation is 1. The number of amidine groups is 1. The fourth-order valence-corrected chi connectivity index (χ4v) is 4.53. The summed E-state index contributed by atoms with van der Waals surface area (Å²) in [6.45, 7) is 5.76. The van der Waals surface area contributed by atoms with Crippen LogP contribution in [0.25, 0.3) is 11.8 Å². The van der Waals surface area contributed by atoms with Crippen molar-refractivity contribution in [1.82, 2.24) is 14.6 Å². The van der Waals surface area contributed by atoms with Gasteiger partial charge in [-0.05, 0) is 80.3 Å². The number of halogens is 1. The van der Waals surface area contributed by atoms with E-state index in [1.807, 2.05) is 29.8 Å². The van der Waals surface area contributed by atoms with E-state index in [0.717, 1.165) is 60.1 Å². The molecule has 2 aliphatic rings. The Hall–Kier alpha value is -3.61. The van der Waals surface area contributed by atoms with E-state index in [1.54, 1.807) is 13.4 Å². The molecule has 0 radical (unpaired) electrons. The highest BCUT2D eigenvalue weighted by Gasteiger charge is 2.31. The Morgan fingerprint density at radius 2 is 1.94 bits per heavy atom. The van der Waals surface area contributed by atoms with Gasteiger partial charge in [-0.2, -0.15) is 0 Å². The predicted octanol–water partition coefficient (Wildman–Crippen LogP) is 5.03. The largest absolute Gasteiger partial charge is 0.495 e. The maximum atomic E-state index is 13.5. The number of benzene rings is 2. The number of aromatic nitrogens is 2. The minimum absolute atomic E-state index is 0.143. The first-order valence-corrected chi connectivity index (χ1v) is 11.3. The smallest absolute Gasteiger partial charge is 0.146 e. The van der Waals surface area contributed by atoms with Gasteiger partial charge in [-0.1, -0.05) is 6.07 Å². The summed E-state index contributed by atoms with van der Waals surface area (Å²) in [7, 11) is 1.69. The van der Waals surface area contributed by atoms with Crippen LogP contribution in [0.4, 0.5) is 10.1 Å². The number of ether oxygens (including phenoxy) is 1. The quantitative estimate of drug-likeness (QED) is 0.565. The minimum Gasteiger partial charge on any atom is -0.495 e. The molecule has 6 nitrogen and oxygen atoms in total. The van der Waals surface area contributed by atoms with E-state index < -0.39 is 0 Å². The lowest BCUT2D eigenvalue weighted by atomic mass is 9.99. The number of piperidine rings is 1. The molecule has 3 aromatic rings. The monoisotopic (exact) mass is 445 g/mol. The summed E-state index contributed by atoms with van der Waals surface area (Å²) in [4.78, 5) is 9.32. The first kappa shape index (κ1) is 21.2. The van der Waals surface area contributed by atoms with Gasteiger partial charge in [-0.25, -0.2) is 9.37 Å². The standard InChI is InChI=1S/C26H28FN5O/c1-18-15-30(17-28-18)24-11-6-20(14-25(24)33-3)13-21-5-4-12-31-26(21)29-19(2)16-32(31)23-9-7-22(27)8-10-23/h6-11,13-15,17,19H,4-5,12,16H2,1-3H3. The molecule has 1 atom stereocenters.